The Morgan fingerprint density at radius 1 is 1.18 bits per heavy atom. The molecule has 3 aromatic rings. The van der Waals surface area contributed by atoms with E-state index in [2.05, 4.69) is 51.7 Å². The molecule has 0 unspecified atom stereocenters. The first kappa shape index (κ1) is 23.5. The van der Waals surface area contributed by atoms with Gasteiger partial charge in [-0.15, -0.1) is 0 Å². The Labute approximate surface area is 200 Å². The van der Waals surface area contributed by atoms with E-state index in [0.717, 1.165) is 60.2 Å². The number of fused-ring (bicyclic) bond motifs is 1. The molecule has 4 rings (SSSR count). The maximum Gasteiger partial charge on any atom is 0.234 e. The van der Waals surface area contributed by atoms with Gasteiger partial charge in [0.1, 0.15) is 16.6 Å². The van der Waals surface area contributed by atoms with Gasteiger partial charge in [0.2, 0.25) is 5.91 Å². The van der Waals surface area contributed by atoms with Crippen LogP contribution in [0.5, 0.6) is 0 Å². The second-order valence-corrected chi connectivity index (χ2v) is 10.5. The molecular formula is C25H33ClN6O. The predicted molar refractivity (Wildman–Crippen MR) is 134 cm³/mol. The average Bonchev–Trinajstić information content (AvgIpc) is 3.18. The van der Waals surface area contributed by atoms with Gasteiger partial charge in [-0.25, -0.2) is 9.97 Å². The number of amides is 1. The van der Waals surface area contributed by atoms with Gasteiger partial charge >= 0.3 is 0 Å². The maximum absolute atomic E-state index is 12.2. The predicted octanol–water partition coefficient (Wildman–Crippen LogP) is 4.75. The van der Waals surface area contributed by atoms with Gasteiger partial charge in [0.25, 0.3) is 0 Å². The third-order valence-corrected chi connectivity index (χ3v) is 6.14. The minimum atomic E-state index is 0.0741. The van der Waals surface area contributed by atoms with E-state index in [0.29, 0.717) is 17.7 Å². The van der Waals surface area contributed by atoms with Crippen LogP contribution in [-0.4, -0.2) is 46.0 Å². The van der Waals surface area contributed by atoms with Crippen LogP contribution < -0.4 is 16.0 Å². The lowest BCUT2D eigenvalue weighted by Gasteiger charge is -2.30. The molecule has 1 aliphatic carbocycles. The minimum absolute atomic E-state index is 0.0741. The second kappa shape index (κ2) is 10.1. The van der Waals surface area contributed by atoms with Gasteiger partial charge in [0, 0.05) is 42.0 Å². The molecule has 0 aromatic carbocycles. The number of H-pyrrole nitrogens is 1. The molecule has 3 aromatic heterocycles. The third-order valence-electron chi connectivity index (χ3n) is 5.94. The molecular weight excluding hydrogens is 436 g/mol. The van der Waals surface area contributed by atoms with Crippen LogP contribution in [0.2, 0.25) is 5.15 Å². The fourth-order valence-corrected chi connectivity index (χ4v) is 4.55. The Balaban J connectivity index is 1.31. The van der Waals surface area contributed by atoms with E-state index >= 15 is 0 Å². The quantitative estimate of drug-likeness (QED) is 0.375. The van der Waals surface area contributed by atoms with E-state index < -0.39 is 0 Å². The summed E-state index contributed by atoms with van der Waals surface area (Å²) in [6, 6.07) is 8.43. The smallest absolute Gasteiger partial charge is 0.234 e. The lowest BCUT2D eigenvalue weighted by Crippen LogP contribution is -2.44. The van der Waals surface area contributed by atoms with Crippen LogP contribution in [0.3, 0.4) is 0 Å². The number of hydrogen-bond acceptors (Lipinski definition) is 5. The zero-order valence-corrected chi connectivity index (χ0v) is 20.3. The SMILES string of the molecule is CC(C)(C)CNCC(=O)N[C@H]1CC[C@H](Nc2cc(-c3c[nH]c4ncccc34)cc(Cl)n2)CC1. The van der Waals surface area contributed by atoms with Crippen LogP contribution >= 0.6 is 11.6 Å². The summed E-state index contributed by atoms with van der Waals surface area (Å²) in [6.07, 6.45) is 7.57. The van der Waals surface area contributed by atoms with Crippen molar-refractivity contribution in [1.29, 1.82) is 0 Å². The molecule has 33 heavy (non-hydrogen) atoms. The van der Waals surface area contributed by atoms with Gasteiger partial charge in [-0.05, 0) is 60.9 Å². The fraction of sp³-hybridized carbons (Fsp3) is 0.480. The number of aromatic amines is 1. The number of pyridine rings is 2. The normalized spacial score (nSPS) is 18.9. The highest BCUT2D eigenvalue weighted by molar-refractivity contribution is 6.29. The summed E-state index contributed by atoms with van der Waals surface area (Å²) in [5, 5.41) is 11.5. The maximum atomic E-state index is 12.2. The van der Waals surface area contributed by atoms with Crippen molar-refractivity contribution >= 4 is 34.4 Å². The van der Waals surface area contributed by atoms with Crippen LogP contribution in [0.1, 0.15) is 46.5 Å². The van der Waals surface area contributed by atoms with Crippen molar-refractivity contribution in [2.75, 3.05) is 18.4 Å². The van der Waals surface area contributed by atoms with E-state index in [4.69, 9.17) is 11.6 Å². The molecule has 0 radical (unpaired) electrons. The molecule has 7 nitrogen and oxygen atoms in total. The van der Waals surface area contributed by atoms with Crippen LogP contribution in [0.15, 0.2) is 36.7 Å². The minimum Gasteiger partial charge on any atom is -0.367 e. The van der Waals surface area contributed by atoms with Crippen molar-refractivity contribution in [1.82, 2.24) is 25.6 Å². The van der Waals surface area contributed by atoms with Crippen molar-refractivity contribution in [3.63, 3.8) is 0 Å². The van der Waals surface area contributed by atoms with Gasteiger partial charge in [-0.1, -0.05) is 32.4 Å². The number of carbonyl (C=O) groups excluding carboxylic acids is 1. The first-order chi connectivity index (χ1) is 15.8. The summed E-state index contributed by atoms with van der Waals surface area (Å²) in [4.78, 5) is 24.3. The summed E-state index contributed by atoms with van der Waals surface area (Å²) >= 11 is 6.36. The molecule has 0 bridgehead atoms. The molecule has 0 atom stereocenters. The molecule has 8 heteroatoms. The van der Waals surface area contributed by atoms with Crippen LogP contribution in [0.4, 0.5) is 5.82 Å². The summed E-state index contributed by atoms with van der Waals surface area (Å²) in [5.74, 6) is 0.847. The molecule has 0 aliphatic heterocycles. The molecule has 0 spiro atoms. The topological polar surface area (TPSA) is 94.7 Å². The van der Waals surface area contributed by atoms with E-state index in [1.165, 1.54) is 0 Å². The highest BCUT2D eigenvalue weighted by atomic mass is 35.5. The number of nitrogens with zero attached hydrogens (tertiary/aromatic N) is 2. The fourth-order valence-electron chi connectivity index (χ4n) is 4.34. The van der Waals surface area contributed by atoms with Crippen molar-refractivity contribution in [2.24, 2.45) is 5.41 Å². The molecule has 176 valence electrons. The van der Waals surface area contributed by atoms with Gasteiger partial charge < -0.3 is 20.9 Å². The number of aromatic nitrogens is 3. The van der Waals surface area contributed by atoms with Crippen molar-refractivity contribution in [3.05, 3.63) is 41.8 Å². The Hall–Kier alpha value is -2.64. The van der Waals surface area contributed by atoms with Crippen molar-refractivity contribution in [3.8, 4) is 11.1 Å². The van der Waals surface area contributed by atoms with Gasteiger partial charge in [0.15, 0.2) is 0 Å². The highest BCUT2D eigenvalue weighted by Crippen LogP contribution is 2.31. The van der Waals surface area contributed by atoms with Crippen LogP contribution in [0, 0.1) is 5.41 Å². The zero-order valence-electron chi connectivity index (χ0n) is 19.5. The standard InChI is InChI=1S/C25H33ClN6O/c1-25(2,3)15-27-14-23(33)31-18-8-6-17(7-9-18)30-22-12-16(11-21(26)32-22)20-13-29-24-19(20)5-4-10-28-24/h4-5,10-13,17-18,27H,6-9,14-15H2,1-3H3,(H,28,29)(H,30,32)(H,31,33)/t17-,18-. The average molecular weight is 469 g/mol. The summed E-state index contributed by atoms with van der Waals surface area (Å²) in [5.41, 5.74) is 3.07. The molecule has 0 saturated heterocycles. The molecule has 4 N–H and O–H groups in total. The molecule has 1 amide bonds. The number of hydrogen-bond donors (Lipinski definition) is 4. The Morgan fingerprint density at radius 2 is 1.94 bits per heavy atom. The molecule has 1 aliphatic rings. The number of halogens is 1. The van der Waals surface area contributed by atoms with E-state index in [-0.39, 0.29) is 17.4 Å². The zero-order chi connectivity index (χ0) is 23.4. The number of rotatable bonds is 7. The van der Waals surface area contributed by atoms with E-state index in [9.17, 15) is 4.79 Å². The molecule has 1 fully saturated rings. The van der Waals surface area contributed by atoms with Crippen LogP contribution in [0.25, 0.3) is 22.2 Å². The Kier molecular flexibility index (Phi) is 7.20. The van der Waals surface area contributed by atoms with Crippen molar-refractivity contribution in [2.45, 2.75) is 58.5 Å². The lowest BCUT2D eigenvalue weighted by molar-refractivity contribution is -0.121. The monoisotopic (exact) mass is 468 g/mol. The number of nitrogens with one attached hydrogen (secondary N) is 4. The summed E-state index contributed by atoms with van der Waals surface area (Å²) < 4.78 is 0. The molecule has 1 saturated carbocycles. The summed E-state index contributed by atoms with van der Waals surface area (Å²) in [7, 11) is 0. The first-order valence-electron chi connectivity index (χ1n) is 11.6. The van der Waals surface area contributed by atoms with Crippen LogP contribution in [-0.2, 0) is 4.79 Å². The number of anilines is 1. The summed E-state index contributed by atoms with van der Waals surface area (Å²) in [6.45, 7) is 7.65. The van der Waals surface area contributed by atoms with Crippen molar-refractivity contribution < 1.29 is 4.79 Å². The molecule has 3 heterocycles. The first-order valence-corrected chi connectivity index (χ1v) is 12.0. The largest absolute Gasteiger partial charge is 0.367 e. The number of carbonyl (C=O) groups is 1. The second-order valence-electron chi connectivity index (χ2n) is 10.1. The van der Waals surface area contributed by atoms with E-state index in [1.54, 1.807) is 6.20 Å². The Morgan fingerprint density at radius 3 is 2.70 bits per heavy atom. The lowest BCUT2D eigenvalue weighted by atomic mass is 9.91. The van der Waals surface area contributed by atoms with Gasteiger partial charge in [-0.3, -0.25) is 4.79 Å². The van der Waals surface area contributed by atoms with E-state index in [1.807, 2.05) is 30.5 Å². The van der Waals surface area contributed by atoms with Gasteiger partial charge in [0.05, 0.1) is 6.54 Å². The highest BCUT2D eigenvalue weighted by Gasteiger charge is 2.23. The van der Waals surface area contributed by atoms with Gasteiger partial charge in [-0.2, -0.15) is 0 Å². The third kappa shape index (κ3) is 6.45. The Bertz CT molecular complexity index is 1100.